The Kier molecular flexibility index (Phi) is 6.10. The molecule has 1 aliphatic heterocycles. The predicted molar refractivity (Wildman–Crippen MR) is 101 cm³/mol. The Morgan fingerprint density at radius 3 is 2.73 bits per heavy atom. The third-order valence-electron chi connectivity index (χ3n) is 4.20. The standard InChI is InChI=1S/C17H19N3O4S2/c21-14(19-16(23)18-11-4-1-2-5-11)7-8-20-15(22)13(26-17(20)24)10-12-6-3-9-25-12/h3,6,9-11H,1-2,4-5,7-8H2,(H2,18,19,21,23)/b13-10-. The average Bonchev–Trinajstić information content (AvgIpc) is 3.31. The van der Waals surface area contributed by atoms with E-state index in [0.29, 0.717) is 4.91 Å². The molecule has 9 heteroatoms. The van der Waals surface area contributed by atoms with Gasteiger partial charge in [0.05, 0.1) is 4.91 Å². The quantitative estimate of drug-likeness (QED) is 0.750. The lowest BCUT2D eigenvalue weighted by molar-refractivity contribution is -0.123. The molecule has 1 aromatic rings. The molecule has 0 spiro atoms. The monoisotopic (exact) mass is 393 g/mol. The van der Waals surface area contributed by atoms with Gasteiger partial charge in [0.1, 0.15) is 0 Å². The Morgan fingerprint density at radius 2 is 2.04 bits per heavy atom. The molecule has 2 N–H and O–H groups in total. The van der Waals surface area contributed by atoms with Gasteiger partial charge >= 0.3 is 6.03 Å². The molecule has 0 atom stereocenters. The summed E-state index contributed by atoms with van der Waals surface area (Å²) in [5.41, 5.74) is 0. The second kappa shape index (κ2) is 8.50. The third kappa shape index (κ3) is 4.73. The van der Waals surface area contributed by atoms with Crippen molar-refractivity contribution in [1.29, 1.82) is 0 Å². The number of nitrogens with one attached hydrogen (secondary N) is 2. The molecule has 3 rings (SSSR count). The molecule has 2 fully saturated rings. The number of urea groups is 1. The van der Waals surface area contributed by atoms with Crippen LogP contribution in [0.3, 0.4) is 0 Å². The largest absolute Gasteiger partial charge is 0.335 e. The Hall–Kier alpha value is -2.13. The summed E-state index contributed by atoms with van der Waals surface area (Å²) >= 11 is 2.33. The van der Waals surface area contributed by atoms with Gasteiger partial charge in [-0.1, -0.05) is 18.9 Å². The minimum Gasteiger partial charge on any atom is -0.335 e. The summed E-state index contributed by atoms with van der Waals surface area (Å²) in [7, 11) is 0. The fraction of sp³-hybridized carbons (Fsp3) is 0.412. The van der Waals surface area contributed by atoms with Crippen LogP contribution >= 0.6 is 23.1 Å². The molecule has 1 aliphatic carbocycles. The van der Waals surface area contributed by atoms with Crippen LogP contribution in [0.1, 0.15) is 37.0 Å². The smallest absolute Gasteiger partial charge is 0.321 e. The van der Waals surface area contributed by atoms with E-state index in [2.05, 4.69) is 10.6 Å². The number of nitrogens with zero attached hydrogens (tertiary/aromatic N) is 1. The first-order chi connectivity index (χ1) is 12.5. The van der Waals surface area contributed by atoms with Crippen LogP contribution in [0.15, 0.2) is 22.4 Å². The zero-order valence-corrected chi connectivity index (χ0v) is 15.7. The van der Waals surface area contributed by atoms with Crippen LogP contribution in [0.5, 0.6) is 0 Å². The average molecular weight is 393 g/mol. The van der Waals surface area contributed by atoms with Gasteiger partial charge in [-0.3, -0.25) is 24.6 Å². The van der Waals surface area contributed by atoms with Gasteiger partial charge < -0.3 is 5.32 Å². The number of carbonyl (C=O) groups excluding carboxylic acids is 4. The van der Waals surface area contributed by atoms with Crippen LogP contribution in [0.4, 0.5) is 9.59 Å². The molecule has 0 bridgehead atoms. The minimum absolute atomic E-state index is 0.0466. The highest BCUT2D eigenvalue weighted by Crippen LogP contribution is 2.32. The number of hydrogen-bond acceptors (Lipinski definition) is 6. The Balaban J connectivity index is 1.47. The fourth-order valence-electron chi connectivity index (χ4n) is 2.89. The molecule has 26 heavy (non-hydrogen) atoms. The van der Waals surface area contributed by atoms with Crippen LogP contribution < -0.4 is 10.6 Å². The summed E-state index contributed by atoms with van der Waals surface area (Å²) in [6.45, 7) is -0.0466. The molecule has 0 radical (unpaired) electrons. The van der Waals surface area contributed by atoms with Gasteiger partial charge in [0.25, 0.3) is 11.1 Å². The van der Waals surface area contributed by atoms with Crippen LogP contribution in [-0.4, -0.2) is 40.6 Å². The van der Waals surface area contributed by atoms with Crippen LogP contribution in [0, 0.1) is 0 Å². The lowest BCUT2D eigenvalue weighted by Crippen LogP contribution is -2.44. The van der Waals surface area contributed by atoms with Gasteiger partial charge in [0, 0.05) is 23.9 Å². The highest BCUT2D eigenvalue weighted by Gasteiger charge is 2.35. The van der Waals surface area contributed by atoms with E-state index in [1.165, 1.54) is 11.3 Å². The van der Waals surface area contributed by atoms with E-state index >= 15 is 0 Å². The molecule has 2 aliphatic rings. The molecule has 0 aromatic carbocycles. The van der Waals surface area contributed by atoms with Crippen molar-refractivity contribution < 1.29 is 19.2 Å². The zero-order chi connectivity index (χ0) is 18.5. The first-order valence-electron chi connectivity index (χ1n) is 8.42. The van der Waals surface area contributed by atoms with E-state index < -0.39 is 23.1 Å². The number of carbonyl (C=O) groups is 4. The number of thioether (sulfide) groups is 1. The van der Waals surface area contributed by atoms with Crippen molar-refractivity contribution in [3.8, 4) is 0 Å². The van der Waals surface area contributed by atoms with E-state index in [9.17, 15) is 19.2 Å². The molecule has 7 nitrogen and oxygen atoms in total. The molecule has 5 amide bonds. The SMILES string of the molecule is O=C(CCN1C(=O)S/C(=C\c2cccs2)C1=O)NC(=O)NC1CCCC1. The van der Waals surface area contributed by atoms with Crippen molar-refractivity contribution in [3.63, 3.8) is 0 Å². The summed E-state index contributed by atoms with van der Waals surface area (Å²) in [5.74, 6) is -0.918. The molecule has 2 heterocycles. The van der Waals surface area contributed by atoms with Crippen molar-refractivity contribution in [3.05, 3.63) is 27.3 Å². The van der Waals surface area contributed by atoms with Gasteiger partial charge in [-0.15, -0.1) is 11.3 Å². The topological polar surface area (TPSA) is 95.6 Å². The van der Waals surface area contributed by atoms with Crippen molar-refractivity contribution in [1.82, 2.24) is 15.5 Å². The molecule has 1 aromatic heterocycles. The number of amides is 5. The number of hydrogen-bond donors (Lipinski definition) is 2. The highest BCUT2D eigenvalue weighted by atomic mass is 32.2. The minimum atomic E-state index is -0.520. The van der Waals surface area contributed by atoms with Crippen molar-refractivity contribution in [2.24, 2.45) is 0 Å². The van der Waals surface area contributed by atoms with Crippen molar-refractivity contribution in [2.45, 2.75) is 38.1 Å². The molecule has 1 saturated carbocycles. The van der Waals surface area contributed by atoms with E-state index in [-0.39, 0.29) is 19.0 Å². The fourth-order valence-corrected chi connectivity index (χ4v) is 4.48. The van der Waals surface area contributed by atoms with E-state index in [1.807, 2.05) is 17.5 Å². The van der Waals surface area contributed by atoms with E-state index in [0.717, 1.165) is 47.2 Å². The predicted octanol–water partition coefficient (Wildman–Crippen LogP) is 2.94. The molecule has 0 unspecified atom stereocenters. The maximum Gasteiger partial charge on any atom is 0.321 e. The molecular formula is C17H19N3O4S2. The Bertz CT molecular complexity index is 739. The second-order valence-corrected chi connectivity index (χ2v) is 8.07. The van der Waals surface area contributed by atoms with E-state index in [4.69, 9.17) is 0 Å². The summed E-state index contributed by atoms with van der Waals surface area (Å²) in [6.07, 6.45) is 5.57. The van der Waals surface area contributed by atoms with Gasteiger partial charge in [0.2, 0.25) is 5.91 Å². The molecular weight excluding hydrogens is 374 g/mol. The second-order valence-electron chi connectivity index (χ2n) is 6.10. The Labute approximate surface area is 159 Å². The lowest BCUT2D eigenvalue weighted by Gasteiger charge is -2.14. The number of thiophene rings is 1. The van der Waals surface area contributed by atoms with Crippen molar-refractivity contribution >= 4 is 52.3 Å². The van der Waals surface area contributed by atoms with Gasteiger partial charge in [-0.2, -0.15) is 0 Å². The summed E-state index contributed by atoms with van der Waals surface area (Å²) < 4.78 is 0. The summed E-state index contributed by atoms with van der Waals surface area (Å²) in [4.78, 5) is 50.3. The number of imide groups is 2. The third-order valence-corrected chi connectivity index (χ3v) is 5.92. The van der Waals surface area contributed by atoms with Crippen molar-refractivity contribution in [2.75, 3.05) is 6.54 Å². The van der Waals surface area contributed by atoms with Crippen LogP contribution in [-0.2, 0) is 9.59 Å². The number of rotatable bonds is 5. The lowest BCUT2D eigenvalue weighted by atomic mass is 10.2. The summed E-state index contributed by atoms with van der Waals surface area (Å²) in [6, 6.07) is 3.32. The van der Waals surface area contributed by atoms with Crippen LogP contribution in [0.2, 0.25) is 0 Å². The van der Waals surface area contributed by atoms with Gasteiger partial charge in [-0.25, -0.2) is 4.79 Å². The first kappa shape index (κ1) is 18.7. The van der Waals surface area contributed by atoms with Crippen LogP contribution in [0.25, 0.3) is 6.08 Å². The Morgan fingerprint density at radius 1 is 1.27 bits per heavy atom. The normalized spacial score (nSPS) is 19.4. The van der Waals surface area contributed by atoms with E-state index in [1.54, 1.807) is 6.08 Å². The maximum atomic E-state index is 12.3. The zero-order valence-electron chi connectivity index (χ0n) is 14.0. The molecule has 138 valence electrons. The van der Waals surface area contributed by atoms with Gasteiger partial charge in [0.15, 0.2) is 0 Å². The first-order valence-corrected chi connectivity index (χ1v) is 10.1. The summed E-state index contributed by atoms with van der Waals surface area (Å²) in [5, 5.41) is 6.49. The van der Waals surface area contributed by atoms with Gasteiger partial charge in [-0.05, 0) is 42.1 Å². The maximum absolute atomic E-state index is 12.3. The highest BCUT2D eigenvalue weighted by molar-refractivity contribution is 8.18. The molecule has 1 saturated heterocycles.